The molecule has 1 atom stereocenters. The van der Waals surface area contributed by atoms with Gasteiger partial charge in [-0.2, -0.15) is 0 Å². The number of carbonyl (C=O) groups is 1. The molecule has 0 saturated carbocycles. The zero-order chi connectivity index (χ0) is 10.8. The minimum absolute atomic E-state index is 0.0138. The number of ketones is 1. The zero-order valence-electron chi connectivity index (χ0n) is 8.74. The summed E-state index contributed by atoms with van der Waals surface area (Å²) in [5.74, 6) is 1.22. The number of hydrogen-bond donors (Lipinski definition) is 1. The molecule has 0 aromatic heterocycles. The standard InChI is InChI=1S/C11H13NO3/c1-7(12-2)10(13)8-4-3-5-9-11(8)15-6-14-9/h3-5,7,12H,6H2,1-2H3/t7-/m1/s1. The van der Waals surface area contributed by atoms with Crippen molar-refractivity contribution in [2.75, 3.05) is 13.8 Å². The molecule has 4 nitrogen and oxygen atoms in total. The average molecular weight is 207 g/mol. The summed E-state index contributed by atoms with van der Waals surface area (Å²) in [6.07, 6.45) is 0. The van der Waals surface area contributed by atoms with E-state index in [0.717, 1.165) is 0 Å². The third kappa shape index (κ3) is 1.68. The van der Waals surface area contributed by atoms with Gasteiger partial charge >= 0.3 is 0 Å². The minimum atomic E-state index is -0.222. The highest BCUT2D eigenvalue weighted by Gasteiger charge is 2.23. The Morgan fingerprint density at radius 2 is 2.27 bits per heavy atom. The van der Waals surface area contributed by atoms with E-state index in [1.807, 2.05) is 6.92 Å². The Balaban J connectivity index is 2.37. The van der Waals surface area contributed by atoms with Gasteiger partial charge in [-0.3, -0.25) is 4.79 Å². The number of fused-ring (bicyclic) bond motifs is 1. The number of hydrogen-bond acceptors (Lipinski definition) is 4. The number of rotatable bonds is 3. The molecule has 0 unspecified atom stereocenters. The van der Waals surface area contributed by atoms with E-state index in [9.17, 15) is 4.79 Å². The fourth-order valence-corrected chi connectivity index (χ4v) is 1.49. The maximum atomic E-state index is 11.9. The van der Waals surface area contributed by atoms with Crippen molar-refractivity contribution in [1.29, 1.82) is 0 Å². The van der Waals surface area contributed by atoms with Crippen molar-refractivity contribution in [3.63, 3.8) is 0 Å². The van der Waals surface area contributed by atoms with Crippen LogP contribution in [0.5, 0.6) is 11.5 Å². The van der Waals surface area contributed by atoms with Crippen LogP contribution in [0.3, 0.4) is 0 Å². The minimum Gasteiger partial charge on any atom is -0.454 e. The van der Waals surface area contributed by atoms with E-state index in [2.05, 4.69) is 5.32 Å². The average Bonchev–Trinajstić information content (AvgIpc) is 2.74. The van der Waals surface area contributed by atoms with E-state index in [0.29, 0.717) is 17.1 Å². The fourth-order valence-electron chi connectivity index (χ4n) is 1.49. The maximum Gasteiger partial charge on any atom is 0.231 e. The lowest BCUT2D eigenvalue weighted by Gasteiger charge is -2.10. The highest BCUT2D eigenvalue weighted by atomic mass is 16.7. The largest absolute Gasteiger partial charge is 0.454 e. The van der Waals surface area contributed by atoms with Gasteiger partial charge in [-0.05, 0) is 26.1 Å². The summed E-state index contributed by atoms with van der Waals surface area (Å²) >= 11 is 0. The Kier molecular flexibility index (Phi) is 2.60. The first-order chi connectivity index (χ1) is 7.24. The molecule has 0 spiro atoms. The van der Waals surface area contributed by atoms with Crippen LogP contribution in [0.1, 0.15) is 17.3 Å². The summed E-state index contributed by atoms with van der Waals surface area (Å²) in [6.45, 7) is 2.01. The molecule has 1 heterocycles. The third-order valence-corrected chi connectivity index (χ3v) is 2.49. The van der Waals surface area contributed by atoms with E-state index < -0.39 is 0 Å². The van der Waals surface area contributed by atoms with E-state index in [4.69, 9.17) is 9.47 Å². The van der Waals surface area contributed by atoms with Crippen molar-refractivity contribution in [2.45, 2.75) is 13.0 Å². The maximum absolute atomic E-state index is 11.9. The van der Waals surface area contributed by atoms with Crippen LogP contribution in [-0.2, 0) is 0 Å². The molecule has 0 bridgehead atoms. The zero-order valence-corrected chi connectivity index (χ0v) is 8.74. The normalized spacial score (nSPS) is 15.1. The molecular weight excluding hydrogens is 194 g/mol. The SMILES string of the molecule is CN[C@H](C)C(=O)c1cccc2c1OCO2. The molecule has 1 aliphatic heterocycles. The van der Waals surface area contributed by atoms with Crippen LogP contribution in [0.15, 0.2) is 18.2 Å². The van der Waals surface area contributed by atoms with Crippen LogP contribution in [0.4, 0.5) is 0 Å². The molecule has 0 saturated heterocycles. The summed E-state index contributed by atoms with van der Waals surface area (Å²) in [5, 5.41) is 2.91. The van der Waals surface area contributed by atoms with Gasteiger partial charge in [-0.1, -0.05) is 6.07 Å². The van der Waals surface area contributed by atoms with Crippen LogP contribution in [0, 0.1) is 0 Å². The second kappa shape index (κ2) is 3.90. The Morgan fingerprint density at radius 3 is 3.00 bits per heavy atom. The van der Waals surface area contributed by atoms with Gasteiger partial charge in [0.05, 0.1) is 11.6 Å². The second-order valence-electron chi connectivity index (χ2n) is 3.41. The van der Waals surface area contributed by atoms with Crippen LogP contribution in [0.25, 0.3) is 0 Å². The van der Waals surface area contributed by atoms with Gasteiger partial charge in [-0.25, -0.2) is 0 Å². The lowest BCUT2D eigenvalue weighted by Crippen LogP contribution is -2.30. The number of Topliss-reactive ketones (excluding diaryl/α,β-unsaturated/α-hetero) is 1. The van der Waals surface area contributed by atoms with Crippen molar-refractivity contribution in [2.24, 2.45) is 0 Å². The van der Waals surface area contributed by atoms with Crippen LogP contribution >= 0.6 is 0 Å². The Hall–Kier alpha value is -1.55. The van der Waals surface area contributed by atoms with Crippen molar-refractivity contribution in [1.82, 2.24) is 5.32 Å². The summed E-state index contributed by atoms with van der Waals surface area (Å²) in [4.78, 5) is 11.9. The van der Waals surface area contributed by atoms with Crippen molar-refractivity contribution >= 4 is 5.78 Å². The van der Waals surface area contributed by atoms with E-state index in [1.54, 1.807) is 25.2 Å². The second-order valence-corrected chi connectivity index (χ2v) is 3.41. The molecule has 1 aromatic carbocycles. The summed E-state index contributed by atoms with van der Waals surface area (Å²) in [7, 11) is 1.75. The number of ether oxygens (including phenoxy) is 2. The number of benzene rings is 1. The number of carbonyl (C=O) groups excluding carboxylic acids is 1. The number of para-hydroxylation sites is 1. The summed E-state index contributed by atoms with van der Waals surface area (Å²) in [6, 6.07) is 5.12. The molecule has 4 heteroatoms. The molecule has 0 fully saturated rings. The molecule has 1 aromatic rings. The predicted octanol–water partition coefficient (Wildman–Crippen LogP) is 1.21. The predicted molar refractivity (Wildman–Crippen MR) is 55.4 cm³/mol. The lowest BCUT2D eigenvalue weighted by atomic mass is 10.0. The first kappa shape index (κ1) is 9.98. The van der Waals surface area contributed by atoms with E-state index in [-0.39, 0.29) is 18.6 Å². The molecule has 0 amide bonds. The van der Waals surface area contributed by atoms with Crippen molar-refractivity contribution in [3.05, 3.63) is 23.8 Å². The molecule has 1 N–H and O–H groups in total. The first-order valence-corrected chi connectivity index (χ1v) is 4.84. The summed E-state index contributed by atoms with van der Waals surface area (Å²) in [5.41, 5.74) is 0.576. The van der Waals surface area contributed by atoms with Crippen LogP contribution in [0.2, 0.25) is 0 Å². The highest BCUT2D eigenvalue weighted by Crippen LogP contribution is 2.35. The molecule has 0 aliphatic carbocycles. The molecule has 15 heavy (non-hydrogen) atoms. The van der Waals surface area contributed by atoms with E-state index >= 15 is 0 Å². The quantitative estimate of drug-likeness (QED) is 0.757. The fraction of sp³-hybridized carbons (Fsp3) is 0.364. The van der Waals surface area contributed by atoms with E-state index in [1.165, 1.54) is 0 Å². The third-order valence-electron chi connectivity index (χ3n) is 2.49. The Bertz CT molecular complexity index is 389. The van der Waals surface area contributed by atoms with Gasteiger partial charge in [0, 0.05) is 0 Å². The van der Waals surface area contributed by atoms with Gasteiger partial charge in [-0.15, -0.1) is 0 Å². The van der Waals surface area contributed by atoms with Gasteiger partial charge in [0.2, 0.25) is 6.79 Å². The van der Waals surface area contributed by atoms with Gasteiger partial charge in [0.15, 0.2) is 17.3 Å². The van der Waals surface area contributed by atoms with Gasteiger partial charge in [0.1, 0.15) is 0 Å². The number of nitrogens with one attached hydrogen (secondary N) is 1. The van der Waals surface area contributed by atoms with Gasteiger partial charge in [0.25, 0.3) is 0 Å². The topological polar surface area (TPSA) is 47.6 Å². The van der Waals surface area contributed by atoms with Crippen LogP contribution in [-0.4, -0.2) is 25.7 Å². The monoisotopic (exact) mass is 207 g/mol. The molecule has 0 radical (unpaired) electrons. The molecule has 80 valence electrons. The van der Waals surface area contributed by atoms with Crippen molar-refractivity contribution < 1.29 is 14.3 Å². The Labute approximate surface area is 88.2 Å². The Morgan fingerprint density at radius 1 is 1.47 bits per heavy atom. The van der Waals surface area contributed by atoms with Crippen LogP contribution < -0.4 is 14.8 Å². The van der Waals surface area contributed by atoms with Crippen molar-refractivity contribution in [3.8, 4) is 11.5 Å². The number of likely N-dealkylation sites (N-methyl/N-ethyl adjacent to an activating group) is 1. The summed E-state index contributed by atoms with van der Waals surface area (Å²) < 4.78 is 10.5. The smallest absolute Gasteiger partial charge is 0.231 e. The molecule has 2 rings (SSSR count). The first-order valence-electron chi connectivity index (χ1n) is 4.84. The van der Waals surface area contributed by atoms with Gasteiger partial charge < -0.3 is 14.8 Å². The highest BCUT2D eigenvalue weighted by molar-refractivity contribution is 6.02. The molecular formula is C11H13NO3. The molecule has 1 aliphatic rings. The lowest BCUT2D eigenvalue weighted by molar-refractivity contribution is 0.0950.